The largest absolute Gasteiger partial charge is 0.481 e. The molecule has 2 rings (SSSR count). The molecule has 15 heavy (non-hydrogen) atoms. The van der Waals surface area contributed by atoms with Crippen LogP contribution < -0.4 is 0 Å². The average molecular weight is 209 g/mol. The molecule has 1 saturated carbocycles. The molecule has 1 N–H and O–H groups in total. The van der Waals surface area contributed by atoms with E-state index >= 15 is 0 Å². The van der Waals surface area contributed by atoms with E-state index in [1.165, 1.54) is 6.07 Å². The summed E-state index contributed by atoms with van der Waals surface area (Å²) in [6.07, 6.45) is 2.98. The van der Waals surface area contributed by atoms with Gasteiger partial charge in [0.1, 0.15) is 5.82 Å². The van der Waals surface area contributed by atoms with Crippen molar-refractivity contribution >= 4 is 5.97 Å². The fourth-order valence-electron chi connectivity index (χ4n) is 1.86. The van der Waals surface area contributed by atoms with Gasteiger partial charge in [0.2, 0.25) is 0 Å². The monoisotopic (exact) mass is 209 g/mol. The van der Waals surface area contributed by atoms with Gasteiger partial charge < -0.3 is 5.11 Å². The Morgan fingerprint density at radius 1 is 1.67 bits per heavy atom. The molecule has 3 nitrogen and oxygen atoms in total. The fourth-order valence-corrected chi connectivity index (χ4v) is 1.86. The first-order chi connectivity index (χ1) is 7.03. The van der Waals surface area contributed by atoms with Crippen LogP contribution in [0.4, 0.5) is 4.39 Å². The van der Waals surface area contributed by atoms with Gasteiger partial charge in [-0.2, -0.15) is 0 Å². The highest BCUT2D eigenvalue weighted by atomic mass is 19.1. The average Bonchev–Trinajstić information content (AvgIpc) is 2.83. The number of aryl methyl sites for hydroxylation is 1. The highest BCUT2D eigenvalue weighted by molar-refractivity contribution is 5.69. The third kappa shape index (κ3) is 1.84. The van der Waals surface area contributed by atoms with Crippen molar-refractivity contribution in [3.05, 3.63) is 29.3 Å². The lowest BCUT2D eigenvalue weighted by Crippen LogP contribution is -2.16. The Morgan fingerprint density at radius 2 is 2.33 bits per heavy atom. The van der Waals surface area contributed by atoms with Crippen LogP contribution in [-0.2, 0) is 10.2 Å². The molecular weight excluding hydrogens is 197 g/mol. The van der Waals surface area contributed by atoms with Crippen LogP contribution in [0.5, 0.6) is 0 Å². The molecule has 0 aliphatic heterocycles. The van der Waals surface area contributed by atoms with E-state index in [2.05, 4.69) is 4.98 Å². The number of aliphatic carboxylic acids is 1. The molecule has 0 radical (unpaired) electrons. The number of carbonyl (C=O) groups is 1. The highest BCUT2D eigenvalue weighted by Crippen LogP contribution is 2.50. The van der Waals surface area contributed by atoms with Gasteiger partial charge in [0.15, 0.2) is 0 Å². The van der Waals surface area contributed by atoms with Crippen molar-refractivity contribution in [3.8, 4) is 0 Å². The van der Waals surface area contributed by atoms with Gasteiger partial charge in [0.05, 0.1) is 12.1 Å². The molecule has 1 aromatic heterocycles. The predicted molar refractivity (Wildman–Crippen MR) is 52.1 cm³/mol. The van der Waals surface area contributed by atoms with E-state index in [1.807, 2.05) is 0 Å². The Bertz CT molecular complexity index is 413. The molecule has 4 heteroatoms. The minimum atomic E-state index is -0.894. The second-order valence-corrected chi connectivity index (χ2v) is 4.19. The Hall–Kier alpha value is -1.45. The summed E-state index contributed by atoms with van der Waals surface area (Å²) in [7, 11) is 0. The third-order valence-electron chi connectivity index (χ3n) is 2.82. The lowest BCUT2D eigenvalue weighted by molar-refractivity contribution is -0.137. The number of halogens is 1. The van der Waals surface area contributed by atoms with Crippen LogP contribution in [0.3, 0.4) is 0 Å². The van der Waals surface area contributed by atoms with E-state index < -0.39 is 11.4 Å². The van der Waals surface area contributed by atoms with Crippen molar-refractivity contribution in [2.24, 2.45) is 0 Å². The number of carboxylic acids is 1. The molecule has 1 heterocycles. The second-order valence-electron chi connectivity index (χ2n) is 4.19. The topological polar surface area (TPSA) is 50.2 Å². The fraction of sp³-hybridized carbons (Fsp3) is 0.455. The maximum atomic E-state index is 13.6. The van der Waals surface area contributed by atoms with Crippen LogP contribution in [0, 0.1) is 12.7 Å². The van der Waals surface area contributed by atoms with Crippen LogP contribution in [0.15, 0.2) is 12.3 Å². The summed E-state index contributed by atoms with van der Waals surface area (Å²) < 4.78 is 13.6. The maximum Gasteiger partial charge on any atom is 0.304 e. The lowest BCUT2D eigenvalue weighted by Gasteiger charge is -2.12. The molecule has 0 aromatic carbocycles. The van der Waals surface area contributed by atoms with Crippen LogP contribution in [-0.4, -0.2) is 16.1 Å². The summed E-state index contributed by atoms with van der Waals surface area (Å²) in [6, 6.07) is 1.41. The quantitative estimate of drug-likeness (QED) is 0.828. The summed E-state index contributed by atoms with van der Waals surface area (Å²) >= 11 is 0. The van der Waals surface area contributed by atoms with Crippen LogP contribution in [0.1, 0.15) is 30.5 Å². The molecule has 0 saturated heterocycles. The van der Waals surface area contributed by atoms with Crippen molar-refractivity contribution in [2.75, 3.05) is 0 Å². The lowest BCUT2D eigenvalue weighted by atomic mass is 9.96. The zero-order valence-electron chi connectivity index (χ0n) is 8.46. The molecular formula is C11H12FNO2. The van der Waals surface area contributed by atoms with E-state index in [1.54, 1.807) is 13.1 Å². The number of aromatic nitrogens is 1. The van der Waals surface area contributed by atoms with Gasteiger partial charge in [0.25, 0.3) is 0 Å². The van der Waals surface area contributed by atoms with Crippen molar-refractivity contribution in [1.29, 1.82) is 0 Å². The smallest absolute Gasteiger partial charge is 0.304 e. The number of hydrogen-bond donors (Lipinski definition) is 1. The number of pyridine rings is 1. The normalized spacial score (nSPS) is 17.5. The van der Waals surface area contributed by atoms with Crippen molar-refractivity contribution in [2.45, 2.75) is 31.6 Å². The van der Waals surface area contributed by atoms with E-state index in [0.29, 0.717) is 18.5 Å². The minimum Gasteiger partial charge on any atom is -0.481 e. The number of hydrogen-bond acceptors (Lipinski definition) is 2. The zero-order chi connectivity index (χ0) is 11.1. The minimum absolute atomic E-state index is 0.0278. The molecule has 0 amide bonds. The van der Waals surface area contributed by atoms with Crippen LogP contribution >= 0.6 is 0 Å². The molecule has 1 aromatic rings. The predicted octanol–water partition coefficient (Wildman–Crippen LogP) is 2.04. The van der Waals surface area contributed by atoms with Crippen molar-refractivity contribution in [3.63, 3.8) is 0 Å². The Labute approximate surface area is 87.0 Å². The van der Waals surface area contributed by atoms with Gasteiger partial charge in [-0.25, -0.2) is 4.39 Å². The van der Waals surface area contributed by atoms with E-state index in [4.69, 9.17) is 5.11 Å². The van der Waals surface area contributed by atoms with Crippen molar-refractivity contribution in [1.82, 2.24) is 4.98 Å². The summed E-state index contributed by atoms with van der Waals surface area (Å²) in [5.74, 6) is -1.27. The number of carboxylic acid groups (broad SMARTS) is 1. The molecule has 0 atom stereocenters. The first-order valence-corrected chi connectivity index (χ1v) is 4.88. The van der Waals surface area contributed by atoms with Gasteiger partial charge in [-0.3, -0.25) is 9.78 Å². The van der Waals surface area contributed by atoms with Gasteiger partial charge in [0, 0.05) is 11.6 Å². The number of nitrogens with zero attached hydrogens (tertiary/aromatic N) is 1. The summed E-state index contributed by atoms with van der Waals surface area (Å²) in [4.78, 5) is 14.7. The standard InChI is InChI=1S/C11H12FNO2/c1-7-4-8(12)10(13-6-7)11(2-3-11)5-9(14)15/h4,6H,2-3,5H2,1H3,(H,14,15). The molecule has 0 spiro atoms. The second kappa shape index (κ2) is 3.29. The Balaban J connectivity index is 2.33. The Morgan fingerprint density at radius 3 is 2.80 bits per heavy atom. The first kappa shape index (κ1) is 10.1. The van der Waals surface area contributed by atoms with E-state index in [-0.39, 0.29) is 12.2 Å². The van der Waals surface area contributed by atoms with Crippen molar-refractivity contribution < 1.29 is 14.3 Å². The van der Waals surface area contributed by atoms with E-state index in [0.717, 1.165) is 5.56 Å². The number of rotatable bonds is 3. The Kier molecular flexibility index (Phi) is 2.21. The van der Waals surface area contributed by atoms with Gasteiger partial charge in [-0.1, -0.05) is 0 Å². The third-order valence-corrected chi connectivity index (χ3v) is 2.82. The SMILES string of the molecule is Cc1cnc(C2(CC(=O)O)CC2)c(F)c1. The molecule has 80 valence electrons. The first-order valence-electron chi connectivity index (χ1n) is 4.88. The summed E-state index contributed by atoms with van der Waals surface area (Å²) in [6.45, 7) is 1.76. The molecule has 1 aliphatic rings. The van der Waals surface area contributed by atoms with Crippen LogP contribution in [0.2, 0.25) is 0 Å². The molecule has 0 bridgehead atoms. The van der Waals surface area contributed by atoms with E-state index in [9.17, 15) is 9.18 Å². The molecule has 1 fully saturated rings. The van der Waals surface area contributed by atoms with Gasteiger partial charge in [-0.05, 0) is 31.4 Å². The summed E-state index contributed by atoms with van der Waals surface area (Å²) in [5.41, 5.74) is 0.529. The molecule has 1 aliphatic carbocycles. The van der Waals surface area contributed by atoms with Gasteiger partial charge >= 0.3 is 5.97 Å². The maximum absolute atomic E-state index is 13.6. The van der Waals surface area contributed by atoms with Gasteiger partial charge in [-0.15, -0.1) is 0 Å². The zero-order valence-corrected chi connectivity index (χ0v) is 8.46. The highest BCUT2D eigenvalue weighted by Gasteiger charge is 2.48. The summed E-state index contributed by atoms with van der Waals surface area (Å²) in [5, 5.41) is 8.75. The van der Waals surface area contributed by atoms with Crippen LogP contribution in [0.25, 0.3) is 0 Å². The molecule has 0 unspecified atom stereocenters.